The highest BCUT2D eigenvalue weighted by Gasteiger charge is 2.37. The van der Waals surface area contributed by atoms with Crippen LogP contribution in [0.1, 0.15) is 52.8 Å². The zero-order valence-electron chi connectivity index (χ0n) is 21.9. The number of methoxy groups -OCH3 is 1. The lowest BCUT2D eigenvalue weighted by molar-refractivity contribution is -0.131. The van der Waals surface area contributed by atoms with Gasteiger partial charge >= 0.3 is 5.97 Å². The van der Waals surface area contributed by atoms with Gasteiger partial charge in [-0.25, -0.2) is 9.78 Å². The maximum absolute atomic E-state index is 14.0. The third-order valence-electron chi connectivity index (χ3n) is 7.19. The summed E-state index contributed by atoms with van der Waals surface area (Å²) >= 11 is 2.63. The van der Waals surface area contributed by atoms with E-state index in [0.29, 0.717) is 41.1 Å². The molecule has 5 rings (SSSR count). The number of hydrogen-bond acceptors (Lipinski definition) is 9. The Kier molecular flexibility index (Phi) is 8.71. The van der Waals surface area contributed by atoms with Crippen LogP contribution >= 0.6 is 22.7 Å². The van der Waals surface area contributed by atoms with Crippen LogP contribution in [0.25, 0.3) is 10.4 Å². The zero-order valence-corrected chi connectivity index (χ0v) is 23.5. The summed E-state index contributed by atoms with van der Waals surface area (Å²) in [6.07, 6.45) is 3.66. The molecular weight excluding hydrogens is 538 g/mol. The monoisotopic (exact) mass is 569 g/mol. The van der Waals surface area contributed by atoms with Gasteiger partial charge in [0, 0.05) is 21.9 Å². The van der Waals surface area contributed by atoms with Crippen molar-refractivity contribution in [3.8, 4) is 10.4 Å². The van der Waals surface area contributed by atoms with Crippen LogP contribution < -0.4 is 10.2 Å². The molecule has 0 atom stereocenters. The Balaban J connectivity index is 1.45. The van der Waals surface area contributed by atoms with Crippen molar-refractivity contribution >= 4 is 51.8 Å². The van der Waals surface area contributed by atoms with E-state index in [1.54, 1.807) is 27.9 Å². The fourth-order valence-electron chi connectivity index (χ4n) is 5.00. The maximum atomic E-state index is 14.0. The van der Waals surface area contributed by atoms with Crippen LogP contribution in [-0.2, 0) is 19.0 Å². The molecule has 1 aliphatic carbocycles. The number of thiazole rings is 1. The van der Waals surface area contributed by atoms with Crippen LogP contribution in [0.2, 0.25) is 0 Å². The number of esters is 1. The van der Waals surface area contributed by atoms with Gasteiger partial charge < -0.3 is 24.4 Å². The molecule has 1 aromatic carbocycles. The van der Waals surface area contributed by atoms with Gasteiger partial charge in [0.15, 0.2) is 0 Å². The molecule has 11 heteroatoms. The Morgan fingerprint density at radius 3 is 2.44 bits per heavy atom. The third kappa shape index (κ3) is 6.22. The number of amides is 2. The van der Waals surface area contributed by atoms with Gasteiger partial charge in [-0.2, -0.15) is 0 Å². The molecule has 39 heavy (non-hydrogen) atoms. The average Bonchev–Trinajstić information content (AvgIpc) is 3.66. The molecule has 0 unspecified atom stereocenters. The van der Waals surface area contributed by atoms with E-state index in [1.165, 1.54) is 29.8 Å². The predicted octanol–water partition coefficient (Wildman–Crippen LogP) is 5.44. The number of nitrogens with one attached hydrogen (secondary N) is 1. The minimum atomic E-state index is -0.499. The molecule has 0 bridgehead atoms. The molecule has 2 aromatic heterocycles. The smallest absolute Gasteiger partial charge is 0.350 e. The van der Waals surface area contributed by atoms with Crippen LogP contribution in [0.5, 0.6) is 0 Å². The van der Waals surface area contributed by atoms with Crippen molar-refractivity contribution in [1.82, 2.24) is 4.98 Å². The van der Waals surface area contributed by atoms with E-state index < -0.39 is 5.97 Å². The van der Waals surface area contributed by atoms with E-state index in [0.717, 1.165) is 36.1 Å². The van der Waals surface area contributed by atoms with Gasteiger partial charge in [0.25, 0.3) is 5.91 Å². The average molecular weight is 570 g/mol. The van der Waals surface area contributed by atoms with Crippen LogP contribution in [0.4, 0.5) is 11.4 Å². The Morgan fingerprint density at radius 2 is 1.79 bits per heavy atom. The van der Waals surface area contributed by atoms with E-state index in [2.05, 4.69) is 17.2 Å². The minimum Gasteiger partial charge on any atom is -0.465 e. The quantitative estimate of drug-likeness (QED) is 0.378. The highest BCUT2D eigenvalue weighted by molar-refractivity contribution is 7.18. The second-order valence-corrected chi connectivity index (χ2v) is 11.7. The first kappa shape index (κ1) is 27.4. The van der Waals surface area contributed by atoms with Crippen molar-refractivity contribution in [1.29, 1.82) is 0 Å². The number of carbonyl (C=O) groups is 3. The second kappa shape index (κ2) is 12.4. The minimum absolute atomic E-state index is 0.00407. The maximum Gasteiger partial charge on any atom is 0.350 e. The van der Waals surface area contributed by atoms with Crippen LogP contribution in [0, 0.1) is 11.8 Å². The number of ether oxygens (including phenoxy) is 3. The molecule has 1 aliphatic heterocycles. The molecule has 2 amide bonds. The van der Waals surface area contributed by atoms with E-state index in [-0.39, 0.29) is 30.6 Å². The Bertz CT molecular complexity index is 1290. The molecule has 206 valence electrons. The third-order valence-corrected chi connectivity index (χ3v) is 8.93. The first-order chi connectivity index (χ1) is 18.9. The molecule has 2 fully saturated rings. The van der Waals surface area contributed by atoms with Crippen LogP contribution in [-0.4, -0.2) is 55.9 Å². The van der Waals surface area contributed by atoms with Crippen LogP contribution in [0.3, 0.4) is 0 Å². The first-order valence-corrected chi connectivity index (χ1v) is 14.7. The van der Waals surface area contributed by atoms with E-state index in [1.807, 2.05) is 18.2 Å². The van der Waals surface area contributed by atoms with Crippen molar-refractivity contribution in [2.24, 2.45) is 11.8 Å². The number of anilines is 2. The van der Waals surface area contributed by atoms with Gasteiger partial charge in [0.05, 0.1) is 37.6 Å². The number of hydrogen-bond donors (Lipinski definition) is 1. The summed E-state index contributed by atoms with van der Waals surface area (Å²) in [5, 5.41) is 4.53. The highest BCUT2D eigenvalue weighted by Crippen LogP contribution is 2.41. The second-order valence-electron chi connectivity index (χ2n) is 9.90. The number of thiophene rings is 1. The molecule has 1 N–H and O–H groups in total. The van der Waals surface area contributed by atoms with Crippen molar-refractivity contribution in [3.63, 3.8) is 0 Å². The lowest BCUT2D eigenvalue weighted by Gasteiger charge is -2.37. The lowest BCUT2D eigenvalue weighted by Crippen LogP contribution is -2.51. The number of benzene rings is 1. The Labute approximate surface area is 235 Å². The summed E-state index contributed by atoms with van der Waals surface area (Å²) in [7, 11) is 1.34. The topological polar surface area (TPSA) is 107 Å². The zero-order chi connectivity index (χ0) is 27.4. The van der Waals surface area contributed by atoms with Gasteiger partial charge in [-0.15, -0.1) is 22.7 Å². The van der Waals surface area contributed by atoms with Gasteiger partial charge in [0.1, 0.15) is 17.4 Å². The van der Waals surface area contributed by atoms with Gasteiger partial charge in [0.2, 0.25) is 5.91 Å². The summed E-state index contributed by atoms with van der Waals surface area (Å²) in [5.74, 6) is -0.288. The predicted molar refractivity (Wildman–Crippen MR) is 150 cm³/mol. The highest BCUT2D eigenvalue weighted by atomic mass is 32.1. The number of rotatable bonds is 7. The number of aromatic nitrogens is 1. The van der Waals surface area contributed by atoms with Gasteiger partial charge in [-0.3, -0.25) is 9.59 Å². The van der Waals surface area contributed by atoms with Gasteiger partial charge in [-0.1, -0.05) is 19.1 Å². The molecule has 1 saturated heterocycles. The molecule has 0 radical (unpaired) electrons. The number of nitrogens with zero attached hydrogens (tertiary/aromatic N) is 2. The molecule has 3 aromatic rings. The van der Waals surface area contributed by atoms with Crippen molar-refractivity contribution in [3.05, 3.63) is 51.8 Å². The summed E-state index contributed by atoms with van der Waals surface area (Å²) in [5.41, 5.74) is 3.97. The fraction of sp³-hybridized carbons (Fsp3) is 0.429. The van der Waals surface area contributed by atoms with Crippen molar-refractivity contribution < 1.29 is 28.6 Å². The van der Waals surface area contributed by atoms with E-state index in [9.17, 15) is 14.4 Å². The molecule has 1 saturated carbocycles. The van der Waals surface area contributed by atoms with Gasteiger partial charge in [-0.05, 0) is 55.4 Å². The Morgan fingerprint density at radius 1 is 1.08 bits per heavy atom. The fourth-order valence-corrected chi connectivity index (χ4v) is 6.61. The Hall–Kier alpha value is -3.12. The molecule has 9 nitrogen and oxygen atoms in total. The van der Waals surface area contributed by atoms with E-state index >= 15 is 0 Å². The largest absolute Gasteiger partial charge is 0.465 e. The summed E-state index contributed by atoms with van der Waals surface area (Å²) in [4.78, 5) is 46.2. The molecular formula is C28H31N3O6S2. The standard InChI is InChI=1S/C28H31N3O6S2/c1-17-3-5-19(6-4-17)27(33)31(21-12-36-16-37-13-21)23-11-24(39-25(23)28(34)35-2)18-7-9-20(10-8-18)30-26(32)22-14-38-15-29-22/h7-11,14-15,17,19,21H,3-6,12-13,16H2,1-2H3,(H,30,32). The van der Waals surface area contributed by atoms with Crippen molar-refractivity contribution in [2.45, 2.75) is 38.6 Å². The number of carbonyl (C=O) groups excluding carboxylic acids is 3. The van der Waals surface area contributed by atoms with E-state index in [4.69, 9.17) is 14.2 Å². The first-order valence-electron chi connectivity index (χ1n) is 12.9. The van der Waals surface area contributed by atoms with Crippen molar-refractivity contribution in [2.75, 3.05) is 37.3 Å². The normalized spacial score (nSPS) is 19.8. The SMILES string of the molecule is COC(=O)c1sc(-c2ccc(NC(=O)c3cscn3)cc2)cc1N(C(=O)C1CCC(C)CC1)C1COCOC1. The molecule has 3 heterocycles. The van der Waals surface area contributed by atoms with Crippen LogP contribution in [0.15, 0.2) is 41.2 Å². The lowest BCUT2D eigenvalue weighted by atomic mass is 9.82. The summed E-state index contributed by atoms with van der Waals surface area (Å²) in [6.45, 7) is 3.06. The summed E-state index contributed by atoms with van der Waals surface area (Å²) < 4.78 is 16.2. The summed E-state index contributed by atoms with van der Waals surface area (Å²) in [6, 6.07) is 8.86. The molecule has 2 aliphatic rings. The molecule has 0 spiro atoms.